The van der Waals surface area contributed by atoms with Gasteiger partial charge in [-0.3, -0.25) is 9.69 Å². The van der Waals surface area contributed by atoms with E-state index in [1.165, 1.54) is 12.3 Å². The van der Waals surface area contributed by atoms with Gasteiger partial charge >= 0.3 is 0 Å². The fourth-order valence-electron chi connectivity index (χ4n) is 4.56. The summed E-state index contributed by atoms with van der Waals surface area (Å²) < 4.78 is 34.0. The van der Waals surface area contributed by atoms with Crippen molar-refractivity contribution in [2.24, 2.45) is 0 Å². The van der Waals surface area contributed by atoms with Crippen LogP contribution in [0, 0.1) is 0 Å². The fourth-order valence-corrected chi connectivity index (χ4v) is 6.85. The third-order valence-electron chi connectivity index (χ3n) is 6.47. The molecule has 1 aliphatic heterocycles. The highest BCUT2D eigenvalue weighted by Gasteiger charge is 2.28. The third kappa shape index (κ3) is 7.54. The van der Waals surface area contributed by atoms with Crippen LogP contribution in [-0.2, 0) is 26.9 Å². The summed E-state index contributed by atoms with van der Waals surface area (Å²) in [6, 6.07) is 11.3. The quantitative estimate of drug-likeness (QED) is 0.306. The second-order valence-corrected chi connectivity index (χ2v) is 12.9. The molecule has 210 valence electrons. The Morgan fingerprint density at radius 1 is 1.08 bits per heavy atom. The summed E-state index contributed by atoms with van der Waals surface area (Å²) >= 11 is 18.5. The van der Waals surface area contributed by atoms with Crippen LogP contribution in [0.1, 0.15) is 41.5 Å². The Hall–Kier alpha value is -2.14. The normalized spacial score (nSPS) is 14.6. The molecule has 1 saturated heterocycles. The zero-order chi connectivity index (χ0) is 28.2. The first-order valence-corrected chi connectivity index (χ1v) is 15.4. The summed E-state index contributed by atoms with van der Waals surface area (Å²) in [7, 11) is -3.80. The molecule has 0 aliphatic carbocycles. The molecule has 39 heavy (non-hydrogen) atoms. The standard InChI is InChI=1S/C27H31Cl3N4O4S/c1-19(2)34-23(16-31-27(34)39(36,37)18-20-4-3-5-21(28)14-20)17-33(9-8-32-10-12-38-13-11-32)26(35)24-7-6-22(29)15-25(24)30/h3-7,14-16,19H,8-13,17-18H2,1-2H3. The summed E-state index contributed by atoms with van der Waals surface area (Å²) in [5.74, 6) is -0.513. The van der Waals surface area contributed by atoms with Gasteiger partial charge in [0.05, 0.1) is 48.0 Å². The number of sulfone groups is 1. The minimum absolute atomic E-state index is 0.0439. The third-order valence-corrected chi connectivity index (χ3v) is 8.83. The minimum Gasteiger partial charge on any atom is -0.379 e. The van der Waals surface area contributed by atoms with Crippen LogP contribution in [0.25, 0.3) is 0 Å². The Kier molecular flexibility index (Phi) is 9.96. The molecule has 0 spiro atoms. The van der Waals surface area contributed by atoms with Gasteiger partial charge in [0.15, 0.2) is 0 Å². The van der Waals surface area contributed by atoms with Gasteiger partial charge in [-0.05, 0) is 49.7 Å². The van der Waals surface area contributed by atoms with Gasteiger partial charge in [-0.15, -0.1) is 0 Å². The molecule has 0 atom stereocenters. The first-order valence-electron chi connectivity index (χ1n) is 12.6. The smallest absolute Gasteiger partial charge is 0.255 e. The Labute approximate surface area is 244 Å². The highest BCUT2D eigenvalue weighted by molar-refractivity contribution is 7.90. The van der Waals surface area contributed by atoms with Gasteiger partial charge in [0.2, 0.25) is 15.0 Å². The molecule has 0 radical (unpaired) electrons. The molecule has 1 amide bonds. The molecule has 2 aromatic carbocycles. The topological polar surface area (TPSA) is 84.7 Å². The van der Waals surface area contributed by atoms with Gasteiger partial charge in [-0.25, -0.2) is 13.4 Å². The van der Waals surface area contributed by atoms with E-state index in [1.807, 2.05) is 13.8 Å². The Balaban J connectivity index is 1.64. The molecule has 0 saturated carbocycles. The van der Waals surface area contributed by atoms with Crippen LogP contribution in [0.3, 0.4) is 0 Å². The van der Waals surface area contributed by atoms with Crippen molar-refractivity contribution >= 4 is 50.5 Å². The Morgan fingerprint density at radius 3 is 2.46 bits per heavy atom. The van der Waals surface area contributed by atoms with E-state index in [0.29, 0.717) is 53.2 Å². The molecule has 2 heterocycles. The number of amides is 1. The number of imidazole rings is 1. The summed E-state index contributed by atoms with van der Waals surface area (Å²) in [4.78, 5) is 21.9. The number of benzene rings is 2. The monoisotopic (exact) mass is 612 g/mol. The zero-order valence-electron chi connectivity index (χ0n) is 21.8. The summed E-state index contributed by atoms with van der Waals surface area (Å²) in [5, 5.41) is 1.11. The van der Waals surface area contributed by atoms with Crippen molar-refractivity contribution in [3.05, 3.63) is 80.6 Å². The van der Waals surface area contributed by atoms with Crippen LogP contribution in [0.4, 0.5) is 0 Å². The van der Waals surface area contributed by atoms with Gasteiger partial charge < -0.3 is 14.2 Å². The molecule has 1 aliphatic rings. The highest BCUT2D eigenvalue weighted by atomic mass is 35.5. The predicted octanol–water partition coefficient (Wildman–Crippen LogP) is 5.37. The molecule has 0 unspecified atom stereocenters. The Bertz CT molecular complexity index is 1420. The van der Waals surface area contributed by atoms with Gasteiger partial charge in [0.1, 0.15) is 0 Å². The lowest BCUT2D eigenvalue weighted by atomic mass is 10.2. The lowest BCUT2D eigenvalue weighted by Crippen LogP contribution is -2.43. The van der Waals surface area contributed by atoms with Crippen LogP contribution in [0.2, 0.25) is 15.1 Å². The van der Waals surface area contributed by atoms with E-state index in [-0.39, 0.29) is 34.4 Å². The predicted molar refractivity (Wildman–Crippen MR) is 153 cm³/mol. The largest absolute Gasteiger partial charge is 0.379 e. The lowest BCUT2D eigenvalue weighted by molar-refractivity contribution is 0.0319. The lowest BCUT2D eigenvalue weighted by Gasteiger charge is -2.30. The van der Waals surface area contributed by atoms with E-state index in [4.69, 9.17) is 39.5 Å². The summed E-state index contributed by atoms with van der Waals surface area (Å²) in [6.45, 7) is 7.82. The molecular formula is C27H31Cl3N4O4S. The SMILES string of the molecule is CC(C)n1c(CN(CCN2CCOCC2)C(=O)c2ccc(Cl)cc2Cl)cnc1S(=O)(=O)Cc1cccc(Cl)c1. The summed E-state index contributed by atoms with van der Waals surface area (Å²) in [6.07, 6.45) is 1.53. The molecule has 1 aromatic heterocycles. The van der Waals surface area contributed by atoms with Crippen molar-refractivity contribution in [3.63, 3.8) is 0 Å². The van der Waals surface area contributed by atoms with Gasteiger partial charge in [-0.2, -0.15) is 0 Å². The fraction of sp³-hybridized carbons (Fsp3) is 0.407. The van der Waals surface area contributed by atoms with Crippen LogP contribution >= 0.6 is 34.8 Å². The van der Waals surface area contributed by atoms with Crippen molar-refractivity contribution in [3.8, 4) is 0 Å². The number of nitrogens with zero attached hydrogens (tertiary/aromatic N) is 4. The number of aromatic nitrogens is 2. The number of ether oxygens (including phenoxy) is 1. The van der Waals surface area contributed by atoms with Crippen molar-refractivity contribution in [2.75, 3.05) is 39.4 Å². The molecule has 8 nitrogen and oxygen atoms in total. The first kappa shape index (κ1) is 29.8. The summed E-state index contributed by atoms with van der Waals surface area (Å²) in [5.41, 5.74) is 1.50. The first-order chi connectivity index (χ1) is 18.5. The zero-order valence-corrected chi connectivity index (χ0v) is 24.9. The van der Waals surface area contributed by atoms with Crippen LogP contribution in [0.15, 0.2) is 53.8 Å². The number of hydrogen-bond acceptors (Lipinski definition) is 6. The molecule has 4 rings (SSSR count). The van der Waals surface area contributed by atoms with E-state index >= 15 is 0 Å². The number of halogens is 3. The average molecular weight is 614 g/mol. The number of hydrogen-bond donors (Lipinski definition) is 0. The molecular weight excluding hydrogens is 583 g/mol. The molecule has 0 bridgehead atoms. The van der Waals surface area contributed by atoms with Crippen molar-refractivity contribution in [1.29, 1.82) is 0 Å². The highest BCUT2D eigenvalue weighted by Crippen LogP contribution is 2.26. The number of rotatable bonds is 10. The number of morpholine rings is 1. The second kappa shape index (κ2) is 13.0. The van der Waals surface area contributed by atoms with E-state index in [2.05, 4.69) is 9.88 Å². The number of carbonyl (C=O) groups excluding carboxylic acids is 1. The average Bonchev–Trinajstić information content (AvgIpc) is 3.32. The van der Waals surface area contributed by atoms with E-state index in [1.54, 1.807) is 45.9 Å². The number of carbonyl (C=O) groups is 1. The maximum atomic E-state index is 13.7. The van der Waals surface area contributed by atoms with Crippen LogP contribution in [0.5, 0.6) is 0 Å². The Morgan fingerprint density at radius 2 is 1.79 bits per heavy atom. The van der Waals surface area contributed by atoms with E-state index in [9.17, 15) is 13.2 Å². The van der Waals surface area contributed by atoms with Crippen LogP contribution < -0.4 is 0 Å². The van der Waals surface area contributed by atoms with Gasteiger partial charge in [-0.1, -0.05) is 46.9 Å². The van der Waals surface area contributed by atoms with Crippen molar-refractivity contribution in [1.82, 2.24) is 19.4 Å². The van der Waals surface area contributed by atoms with Crippen LogP contribution in [-0.4, -0.2) is 73.1 Å². The van der Waals surface area contributed by atoms with Crippen molar-refractivity contribution < 1.29 is 17.9 Å². The second-order valence-electron chi connectivity index (χ2n) is 9.69. The van der Waals surface area contributed by atoms with E-state index < -0.39 is 9.84 Å². The molecule has 3 aromatic rings. The molecule has 1 fully saturated rings. The molecule has 12 heteroatoms. The maximum Gasteiger partial charge on any atom is 0.255 e. The molecule has 0 N–H and O–H groups in total. The maximum absolute atomic E-state index is 13.7. The van der Waals surface area contributed by atoms with Crippen molar-refractivity contribution in [2.45, 2.75) is 37.3 Å². The van der Waals surface area contributed by atoms with E-state index in [0.717, 1.165) is 13.1 Å². The van der Waals surface area contributed by atoms with Gasteiger partial charge in [0.25, 0.3) is 5.91 Å². The minimum atomic E-state index is -3.80. The van der Waals surface area contributed by atoms with Gasteiger partial charge in [0, 0.05) is 42.3 Å².